The molecule has 2 heterocycles. The minimum absolute atomic E-state index is 0.0192. The molecule has 0 radical (unpaired) electrons. The number of amides is 2. The maximum absolute atomic E-state index is 13.2. The summed E-state index contributed by atoms with van der Waals surface area (Å²) < 4.78 is 0. The molecule has 2 bridgehead atoms. The molecular formula is C26H35N3O4. The van der Waals surface area contributed by atoms with E-state index in [4.69, 9.17) is 0 Å². The molecule has 1 aliphatic heterocycles. The summed E-state index contributed by atoms with van der Waals surface area (Å²) in [4.78, 5) is 31.2. The number of carbonyl (C=O) groups is 2. The van der Waals surface area contributed by atoms with Gasteiger partial charge in [0.05, 0.1) is 19.3 Å². The van der Waals surface area contributed by atoms with Gasteiger partial charge in [-0.15, -0.1) is 0 Å². The van der Waals surface area contributed by atoms with Crippen molar-refractivity contribution in [2.45, 2.75) is 65.1 Å². The summed E-state index contributed by atoms with van der Waals surface area (Å²) in [5.41, 5.74) is 3.11. The van der Waals surface area contributed by atoms with Crippen LogP contribution in [-0.2, 0) is 22.6 Å². The summed E-state index contributed by atoms with van der Waals surface area (Å²) in [6.07, 6.45) is 2.39. The minimum atomic E-state index is -0.970. The van der Waals surface area contributed by atoms with E-state index in [0.29, 0.717) is 13.1 Å². The predicted octanol–water partition coefficient (Wildman–Crippen LogP) is 2.35. The van der Waals surface area contributed by atoms with Gasteiger partial charge >= 0.3 is 0 Å². The molecule has 7 nitrogen and oxygen atoms in total. The highest BCUT2D eigenvalue weighted by Crippen LogP contribution is 2.68. The molecule has 4 unspecified atom stereocenters. The number of aromatic nitrogens is 1. The van der Waals surface area contributed by atoms with Crippen LogP contribution in [0.2, 0.25) is 0 Å². The number of H-pyrrole nitrogens is 1. The molecule has 178 valence electrons. The molecule has 2 fully saturated rings. The summed E-state index contributed by atoms with van der Waals surface area (Å²) in [7, 11) is 0. The van der Waals surface area contributed by atoms with E-state index in [-0.39, 0.29) is 40.9 Å². The van der Waals surface area contributed by atoms with Gasteiger partial charge < -0.3 is 25.4 Å². The van der Waals surface area contributed by atoms with E-state index >= 15 is 0 Å². The van der Waals surface area contributed by atoms with Gasteiger partial charge in [-0.2, -0.15) is 0 Å². The number of nitrogens with one attached hydrogen (secondary N) is 2. The Hall–Kier alpha value is -2.38. The van der Waals surface area contributed by atoms with Crippen molar-refractivity contribution >= 4 is 22.7 Å². The van der Waals surface area contributed by atoms with Crippen LogP contribution < -0.4 is 5.32 Å². The zero-order chi connectivity index (χ0) is 23.5. The van der Waals surface area contributed by atoms with Gasteiger partial charge in [-0.1, -0.05) is 39.0 Å². The highest BCUT2D eigenvalue weighted by Gasteiger charge is 2.65. The van der Waals surface area contributed by atoms with E-state index in [1.807, 2.05) is 18.2 Å². The van der Waals surface area contributed by atoms with Crippen molar-refractivity contribution in [3.8, 4) is 0 Å². The van der Waals surface area contributed by atoms with Gasteiger partial charge in [0.25, 0.3) is 0 Å². The molecule has 5 rings (SSSR count). The van der Waals surface area contributed by atoms with Crippen LogP contribution in [0.1, 0.15) is 51.3 Å². The Bertz CT molecular complexity index is 1090. The summed E-state index contributed by atoms with van der Waals surface area (Å²) >= 11 is 0. The number of aliphatic hydroxyl groups is 2. The lowest BCUT2D eigenvalue weighted by Gasteiger charge is -2.37. The van der Waals surface area contributed by atoms with Crippen molar-refractivity contribution in [1.82, 2.24) is 15.2 Å². The number of para-hydroxylation sites is 1. The predicted molar refractivity (Wildman–Crippen MR) is 125 cm³/mol. The summed E-state index contributed by atoms with van der Waals surface area (Å²) in [5, 5.41) is 24.8. The van der Waals surface area contributed by atoms with Crippen LogP contribution in [0.4, 0.5) is 0 Å². The number of hydrogen-bond acceptors (Lipinski definition) is 4. The molecule has 0 saturated heterocycles. The first kappa shape index (κ1) is 22.4. The highest BCUT2D eigenvalue weighted by molar-refractivity contribution is 5.89. The zero-order valence-electron chi connectivity index (χ0n) is 19.7. The number of benzene rings is 1. The fraction of sp³-hybridized carbons (Fsp3) is 0.615. The summed E-state index contributed by atoms with van der Waals surface area (Å²) in [6, 6.07) is 7.15. The number of carbonyl (C=O) groups excluding carboxylic acids is 2. The zero-order valence-corrected chi connectivity index (χ0v) is 19.7. The van der Waals surface area contributed by atoms with Crippen molar-refractivity contribution < 1.29 is 19.8 Å². The molecule has 4 N–H and O–H groups in total. The van der Waals surface area contributed by atoms with Gasteiger partial charge in [-0.25, -0.2) is 0 Å². The van der Waals surface area contributed by atoms with E-state index in [0.717, 1.165) is 30.5 Å². The number of fused-ring (bicyclic) bond motifs is 5. The molecule has 2 amide bonds. The molecule has 1 aromatic carbocycles. The molecule has 2 aliphatic carbocycles. The Morgan fingerprint density at radius 2 is 2.03 bits per heavy atom. The average Bonchev–Trinajstić information content (AvgIpc) is 3.32. The minimum Gasteiger partial charge on any atom is -0.394 e. The monoisotopic (exact) mass is 453 g/mol. The Balaban J connectivity index is 1.24. The van der Waals surface area contributed by atoms with Gasteiger partial charge in [0.2, 0.25) is 11.8 Å². The lowest BCUT2D eigenvalue weighted by atomic mass is 9.70. The number of aliphatic hydroxyl groups excluding tert-OH is 2. The first-order valence-corrected chi connectivity index (χ1v) is 12.1. The third-order valence-corrected chi connectivity index (χ3v) is 9.38. The lowest BCUT2D eigenvalue weighted by molar-refractivity contribution is -0.139. The van der Waals surface area contributed by atoms with Crippen LogP contribution >= 0.6 is 0 Å². The molecule has 33 heavy (non-hydrogen) atoms. The molecule has 2 aromatic rings. The van der Waals surface area contributed by atoms with Crippen LogP contribution in [0.5, 0.6) is 0 Å². The van der Waals surface area contributed by atoms with Gasteiger partial charge in [0.15, 0.2) is 0 Å². The first-order valence-electron chi connectivity index (χ1n) is 12.1. The number of hydrogen-bond donors (Lipinski definition) is 4. The SMILES string of the molecule is CC1(C)C2CCC1(C)C(O)C2CC(=O)N[C@@H](CO)C(=O)N1CCc2c([nH]c3ccccc23)C1. The van der Waals surface area contributed by atoms with E-state index in [2.05, 4.69) is 37.1 Å². The molecule has 5 atom stereocenters. The van der Waals surface area contributed by atoms with Crippen LogP contribution in [0.25, 0.3) is 10.9 Å². The summed E-state index contributed by atoms with van der Waals surface area (Å²) in [5.74, 6) is -0.371. The topological polar surface area (TPSA) is 106 Å². The van der Waals surface area contributed by atoms with Crippen LogP contribution in [0.3, 0.4) is 0 Å². The summed E-state index contributed by atoms with van der Waals surface area (Å²) in [6.45, 7) is 7.06. The van der Waals surface area contributed by atoms with Gasteiger partial charge in [-0.3, -0.25) is 9.59 Å². The van der Waals surface area contributed by atoms with Crippen molar-refractivity contribution in [2.75, 3.05) is 13.2 Å². The standard InChI is InChI=1S/C26H35N3O4/c1-25(2)18-8-10-26(25,3)23(32)17(18)12-22(31)28-21(14-30)24(33)29-11-9-16-15-6-4-5-7-19(15)27-20(16)13-29/h4-7,17-18,21,23,27,30,32H,8-14H2,1-3H3,(H,28,31)/t17?,18?,21-,23?,26?/m0/s1. The van der Waals surface area contributed by atoms with Gasteiger partial charge in [-0.05, 0) is 53.6 Å². The Kier molecular flexibility index (Phi) is 5.33. The van der Waals surface area contributed by atoms with Crippen LogP contribution in [0, 0.1) is 22.7 Å². The van der Waals surface area contributed by atoms with Crippen molar-refractivity contribution in [1.29, 1.82) is 0 Å². The molecule has 2 saturated carbocycles. The maximum atomic E-state index is 13.2. The first-order chi connectivity index (χ1) is 15.7. The van der Waals surface area contributed by atoms with Crippen molar-refractivity contribution in [2.24, 2.45) is 22.7 Å². The molecule has 7 heteroatoms. The van der Waals surface area contributed by atoms with E-state index in [1.54, 1.807) is 4.90 Å². The smallest absolute Gasteiger partial charge is 0.247 e. The third kappa shape index (κ3) is 3.31. The number of rotatable bonds is 5. The fourth-order valence-electron chi connectivity index (χ4n) is 7.04. The van der Waals surface area contributed by atoms with Gasteiger partial charge in [0, 0.05) is 29.6 Å². The molecule has 1 aromatic heterocycles. The normalized spacial score (nSPS) is 30.9. The Morgan fingerprint density at radius 1 is 1.27 bits per heavy atom. The second-order valence-corrected chi connectivity index (χ2v) is 11.0. The Labute approximate surface area is 194 Å². The molecular weight excluding hydrogens is 418 g/mol. The number of nitrogens with zero attached hydrogens (tertiary/aromatic N) is 1. The average molecular weight is 454 g/mol. The van der Waals surface area contributed by atoms with Crippen molar-refractivity contribution in [3.63, 3.8) is 0 Å². The van der Waals surface area contributed by atoms with E-state index in [1.165, 1.54) is 10.9 Å². The third-order valence-electron chi connectivity index (χ3n) is 9.38. The Morgan fingerprint density at radius 3 is 2.73 bits per heavy atom. The molecule has 3 aliphatic rings. The second-order valence-electron chi connectivity index (χ2n) is 11.0. The number of aromatic amines is 1. The highest BCUT2D eigenvalue weighted by atomic mass is 16.3. The van der Waals surface area contributed by atoms with E-state index < -0.39 is 18.8 Å². The largest absolute Gasteiger partial charge is 0.394 e. The van der Waals surface area contributed by atoms with Crippen LogP contribution in [-0.4, -0.2) is 57.2 Å². The molecule has 0 spiro atoms. The van der Waals surface area contributed by atoms with Gasteiger partial charge in [0.1, 0.15) is 6.04 Å². The van der Waals surface area contributed by atoms with Crippen LogP contribution in [0.15, 0.2) is 24.3 Å². The maximum Gasteiger partial charge on any atom is 0.247 e. The lowest BCUT2D eigenvalue weighted by Crippen LogP contribution is -2.52. The second kappa shape index (κ2) is 7.84. The van der Waals surface area contributed by atoms with E-state index in [9.17, 15) is 19.8 Å². The van der Waals surface area contributed by atoms with Crippen molar-refractivity contribution in [3.05, 3.63) is 35.5 Å². The quantitative estimate of drug-likeness (QED) is 0.558. The fourth-order valence-corrected chi connectivity index (χ4v) is 7.04.